The smallest absolute Gasteiger partial charge is 0.348 e. The van der Waals surface area contributed by atoms with Crippen LogP contribution >= 0.6 is 22.7 Å². The fourth-order valence-electron chi connectivity index (χ4n) is 1.97. The molecule has 2 heterocycles. The average molecular weight is 315 g/mol. The molecule has 0 aliphatic heterocycles. The van der Waals surface area contributed by atoms with Gasteiger partial charge in [0, 0.05) is 0 Å². The normalized spacial score (nSPS) is 10.5. The number of hydrogen-bond acceptors (Lipinski definition) is 6. The standard InChI is InChI=1S/C15H9NO3S2/c1-19-15(18)11-6-10-14(21-11)12(17)13(20-10)9-4-2-8(7-16)3-5-9/h2-6,17H,1H3. The summed E-state index contributed by atoms with van der Waals surface area (Å²) in [6, 6.07) is 10.8. The number of hydrogen-bond donors (Lipinski definition) is 1. The summed E-state index contributed by atoms with van der Waals surface area (Å²) in [5.74, 6) is -0.234. The van der Waals surface area contributed by atoms with Crippen LogP contribution < -0.4 is 0 Å². The highest BCUT2D eigenvalue weighted by Gasteiger charge is 2.19. The Morgan fingerprint density at radius 2 is 2.00 bits per heavy atom. The van der Waals surface area contributed by atoms with Crippen molar-refractivity contribution in [1.29, 1.82) is 5.26 Å². The molecule has 0 bridgehead atoms. The van der Waals surface area contributed by atoms with Crippen LogP contribution in [0.25, 0.3) is 19.8 Å². The van der Waals surface area contributed by atoms with Crippen molar-refractivity contribution >= 4 is 38.0 Å². The van der Waals surface area contributed by atoms with Crippen LogP contribution in [0.15, 0.2) is 30.3 Å². The number of aromatic hydroxyl groups is 1. The Labute approximate surface area is 128 Å². The van der Waals surface area contributed by atoms with E-state index < -0.39 is 5.97 Å². The second-order valence-corrected chi connectivity index (χ2v) is 6.37. The van der Waals surface area contributed by atoms with E-state index in [1.807, 2.05) is 0 Å². The van der Waals surface area contributed by atoms with Crippen molar-refractivity contribution in [3.8, 4) is 22.3 Å². The summed E-state index contributed by atoms with van der Waals surface area (Å²) in [6.45, 7) is 0. The van der Waals surface area contributed by atoms with Crippen LogP contribution in [-0.2, 0) is 4.74 Å². The Morgan fingerprint density at radius 3 is 2.57 bits per heavy atom. The summed E-state index contributed by atoms with van der Waals surface area (Å²) in [6.07, 6.45) is 0. The number of thiophene rings is 2. The molecule has 0 aliphatic carbocycles. The number of ether oxygens (including phenoxy) is 1. The monoisotopic (exact) mass is 315 g/mol. The molecule has 0 saturated heterocycles. The first kappa shape index (κ1) is 13.6. The predicted molar refractivity (Wildman–Crippen MR) is 82.9 cm³/mol. The van der Waals surface area contributed by atoms with Crippen molar-refractivity contribution in [2.75, 3.05) is 7.11 Å². The largest absolute Gasteiger partial charge is 0.505 e. The highest BCUT2D eigenvalue weighted by Crippen LogP contribution is 2.47. The number of nitriles is 1. The van der Waals surface area contributed by atoms with Gasteiger partial charge in [-0.25, -0.2) is 4.79 Å². The maximum absolute atomic E-state index is 11.5. The lowest BCUT2D eigenvalue weighted by atomic mass is 10.1. The van der Waals surface area contributed by atoms with E-state index in [1.165, 1.54) is 29.8 Å². The molecule has 6 heteroatoms. The van der Waals surface area contributed by atoms with E-state index in [1.54, 1.807) is 30.3 Å². The molecule has 0 radical (unpaired) electrons. The van der Waals surface area contributed by atoms with E-state index in [0.717, 1.165) is 15.1 Å². The number of carbonyl (C=O) groups excluding carboxylic acids is 1. The molecule has 0 aliphatic rings. The number of carbonyl (C=O) groups is 1. The third-order valence-electron chi connectivity index (χ3n) is 3.00. The van der Waals surface area contributed by atoms with E-state index in [0.29, 0.717) is 15.1 Å². The minimum absolute atomic E-state index is 0.167. The molecule has 3 aromatic rings. The summed E-state index contributed by atoms with van der Waals surface area (Å²) in [5.41, 5.74) is 1.42. The average Bonchev–Trinajstić information content (AvgIpc) is 3.06. The van der Waals surface area contributed by atoms with Gasteiger partial charge in [-0.15, -0.1) is 22.7 Å². The molecular weight excluding hydrogens is 306 g/mol. The van der Waals surface area contributed by atoms with Crippen molar-refractivity contribution in [1.82, 2.24) is 0 Å². The minimum atomic E-state index is -0.400. The third kappa shape index (κ3) is 2.27. The number of fused-ring (bicyclic) bond motifs is 1. The van der Waals surface area contributed by atoms with Gasteiger partial charge in [-0.3, -0.25) is 0 Å². The second kappa shape index (κ2) is 5.20. The van der Waals surface area contributed by atoms with E-state index >= 15 is 0 Å². The Morgan fingerprint density at radius 1 is 1.29 bits per heavy atom. The molecule has 3 rings (SSSR count). The molecule has 1 aromatic carbocycles. The molecule has 0 saturated carbocycles. The van der Waals surface area contributed by atoms with Crippen molar-refractivity contribution in [2.24, 2.45) is 0 Å². The molecule has 1 N–H and O–H groups in total. The highest BCUT2D eigenvalue weighted by molar-refractivity contribution is 7.31. The summed E-state index contributed by atoms with van der Waals surface area (Å²) in [4.78, 5) is 12.7. The lowest BCUT2D eigenvalue weighted by molar-refractivity contribution is 0.0606. The molecule has 104 valence electrons. The zero-order chi connectivity index (χ0) is 15.0. The van der Waals surface area contributed by atoms with Crippen LogP contribution in [0.4, 0.5) is 0 Å². The Hall–Kier alpha value is -2.36. The van der Waals surface area contributed by atoms with Crippen molar-refractivity contribution in [2.45, 2.75) is 0 Å². The van der Waals surface area contributed by atoms with Crippen LogP contribution in [-0.4, -0.2) is 18.2 Å². The first-order valence-electron chi connectivity index (χ1n) is 5.98. The molecule has 0 atom stereocenters. The van der Waals surface area contributed by atoms with Gasteiger partial charge in [-0.1, -0.05) is 12.1 Å². The molecule has 2 aromatic heterocycles. The Kier molecular flexibility index (Phi) is 3.37. The van der Waals surface area contributed by atoms with Crippen LogP contribution in [0.3, 0.4) is 0 Å². The molecule has 0 unspecified atom stereocenters. The summed E-state index contributed by atoms with van der Waals surface area (Å²) >= 11 is 2.62. The first-order valence-corrected chi connectivity index (χ1v) is 7.61. The predicted octanol–water partition coefficient (Wildman–Crippen LogP) is 3.99. The molecular formula is C15H9NO3S2. The van der Waals surface area contributed by atoms with Crippen LogP contribution in [0, 0.1) is 11.3 Å². The SMILES string of the molecule is COC(=O)c1cc2sc(-c3ccc(C#N)cc3)c(O)c2s1. The Bertz CT molecular complexity index is 869. The number of benzene rings is 1. The van der Waals surface area contributed by atoms with Gasteiger partial charge >= 0.3 is 5.97 Å². The molecule has 0 fully saturated rings. The zero-order valence-electron chi connectivity index (χ0n) is 10.9. The van der Waals surface area contributed by atoms with Gasteiger partial charge in [-0.2, -0.15) is 5.26 Å². The summed E-state index contributed by atoms with van der Waals surface area (Å²) < 4.78 is 6.20. The quantitative estimate of drug-likeness (QED) is 0.726. The molecule has 4 nitrogen and oxygen atoms in total. The van der Waals surface area contributed by atoms with Gasteiger partial charge in [0.05, 0.1) is 33.0 Å². The van der Waals surface area contributed by atoms with E-state index in [4.69, 9.17) is 5.26 Å². The van der Waals surface area contributed by atoms with E-state index in [-0.39, 0.29) is 5.75 Å². The molecule has 0 spiro atoms. The molecule has 0 amide bonds. The van der Waals surface area contributed by atoms with E-state index in [2.05, 4.69) is 10.8 Å². The van der Waals surface area contributed by atoms with Crippen molar-refractivity contribution < 1.29 is 14.6 Å². The first-order chi connectivity index (χ1) is 10.1. The fraction of sp³-hybridized carbons (Fsp3) is 0.0667. The van der Waals surface area contributed by atoms with Gasteiger partial charge in [0.1, 0.15) is 4.88 Å². The van der Waals surface area contributed by atoms with E-state index in [9.17, 15) is 9.90 Å². The number of nitrogens with zero attached hydrogens (tertiary/aromatic N) is 1. The van der Waals surface area contributed by atoms with Crippen molar-refractivity contribution in [3.05, 3.63) is 40.8 Å². The van der Waals surface area contributed by atoms with Gasteiger partial charge < -0.3 is 9.84 Å². The van der Waals surface area contributed by atoms with Crippen LogP contribution in [0.1, 0.15) is 15.2 Å². The van der Waals surface area contributed by atoms with Crippen molar-refractivity contribution in [3.63, 3.8) is 0 Å². The van der Waals surface area contributed by atoms with Crippen LogP contribution in [0.5, 0.6) is 5.75 Å². The maximum atomic E-state index is 11.5. The second-order valence-electron chi connectivity index (χ2n) is 4.26. The topological polar surface area (TPSA) is 70.3 Å². The van der Waals surface area contributed by atoms with Gasteiger partial charge in [0.15, 0.2) is 5.75 Å². The summed E-state index contributed by atoms with van der Waals surface area (Å²) in [7, 11) is 1.33. The van der Waals surface area contributed by atoms with Gasteiger partial charge in [0.2, 0.25) is 0 Å². The summed E-state index contributed by atoms with van der Waals surface area (Å²) in [5, 5.41) is 19.1. The number of rotatable bonds is 2. The lowest BCUT2D eigenvalue weighted by Gasteiger charge is -1.99. The molecule has 21 heavy (non-hydrogen) atoms. The van der Waals surface area contributed by atoms with Gasteiger partial charge in [-0.05, 0) is 23.8 Å². The lowest BCUT2D eigenvalue weighted by Crippen LogP contribution is -1.96. The minimum Gasteiger partial charge on any atom is -0.505 e. The zero-order valence-corrected chi connectivity index (χ0v) is 12.5. The Balaban J connectivity index is 2.08. The number of esters is 1. The maximum Gasteiger partial charge on any atom is 0.348 e. The number of methoxy groups -OCH3 is 1. The highest BCUT2D eigenvalue weighted by atomic mass is 32.1. The van der Waals surface area contributed by atoms with Gasteiger partial charge in [0.25, 0.3) is 0 Å². The van der Waals surface area contributed by atoms with Crippen LogP contribution in [0.2, 0.25) is 0 Å². The fourth-order valence-corrected chi connectivity index (χ4v) is 4.32. The third-order valence-corrected chi connectivity index (χ3v) is 5.43.